The molecule has 0 saturated heterocycles. The van der Waals surface area contributed by atoms with Crippen LogP contribution in [-0.4, -0.2) is 24.8 Å². The van der Waals surface area contributed by atoms with Gasteiger partial charge < -0.3 is 0 Å². The van der Waals surface area contributed by atoms with Crippen molar-refractivity contribution in [2.24, 2.45) is 34.5 Å². The van der Waals surface area contributed by atoms with Crippen molar-refractivity contribution in [1.82, 2.24) is 0 Å². The lowest BCUT2D eigenvalue weighted by molar-refractivity contribution is -0.141. The van der Waals surface area contributed by atoms with Crippen LogP contribution in [0.5, 0.6) is 0 Å². The van der Waals surface area contributed by atoms with Gasteiger partial charge >= 0.3 is 10.4 Å². The van der Waals surface area contributed by atoms with Crippen LogP contribution in [0.3, 0.4) is 0 Å². The molecule has 2 unspecified atom stereocenters. The van der Waals surface area contributed by atoms with Gasteiger partial charge in [0.15, 0.2) is 0 Å². The molecule has 0 aromatic rings. The number of fused-ring (bicyclic) bond motifs is 5. The van der Waals surface area contributed by atoms with E-state index in [9.17, 15) is 17.8 Å². The highest BCUT2D eigenvalue weighted by Crippen LogP contribution is 2.65. The van der Waals surface area contributed by atoms with Gasteiger partial charge in [0.1, 0.15) is 5.78 Å². The highest BCUT2D eigenvalue weighted by Gasteiger charge is 2.60. The van der Waals surface area contributed by atoms with Crippen molar-refractivity contribution >= 4 is 16.2 Å². The fourth-order valence-corrected chi connectivity index (χ4v) is 6.40. The first-order chi connectivity index (χ1) is 13.9. The Kier molecular flexibility index (Phi) is 2.79. The largest absolute Gasteiger partial charge is 0.397 e. The maximum absolute atomic E-state index is 12.6. The molecule has 1 N–H and O–H groups in total. The van der Waals surface area contributed by atoms with E-state index in [0.717, 1.165) is 6.42 Å². The first kappa shape index (κ1) is 12.1. The van der Waals surface area contributed by atoms with Crippen LogP contribution in [0.15, 0.2) is 0 Å². The smallest absolute Gasteiger partial charge is 0.299 e. The standard InChI is InChI=1S/C19H30O5S/c1-18-9-7-13(24-25(21,22)23)11-12(18)3-4-14-15-5-6-17(20)19(15,2)10-8-16(14)18/h12-16H,3-11H2,1-2H3,(H,21,22,23)/t12?,13-,14-,15-,16-,18-,19-/m0/s1/i3D,7D2,11D2,13D/t3?,12?,13-,14-,15-,16-,18-,19-. The minimum Gasteiger partial charge on any atom is -0.299 e. The Balaban J connectivity index is 1.80. The Morgan fingerprint density at radius 3 is 2.72 bits per heavy atom. The van der Waals surface area contributed by atoms with Crippen molar-refractivity contribution in [3.8, 4) is 0 Å². The molecular weight excluding hydrogens is 340 g/mol. The Bertz CT molecular complexity index is 911. The summed E-state index contributed by atoms with van der Waals surface area (Å²) in [6, 6.07) is 0. The second-order valence-electron chi connectivity index (χ2n) is 8.59. The van der Waals surface area contributed by atoms with Gasteiger partial charge in [-0.1, -0.05) is 13.8 Å². The highest BCUT2D eigenvalue weighted by molar-refractivity contribution is 7.80. The maximum Gasteiger partial charge on any atom is 0.397 e. The summed E-state index contributed by atoms with van der Waals surface area (Å²) >= 11 is 0. The van der Waals surface area contributed by atoms with Crippen molar-refractivity contribution in [2.45, 2.75) is 77.6 Å². The summed E-state index contributed by atoms with van der Waals surface area (Å²) in [7, 11) is -5.31. The zero-order valence-corrected chi connectivity index (χ0v) is 15.4. The van der Waals surface area contributed by atoms with Crippen molar-refractivity contribution < 1.29 is 30.2 Å². The van der Waals surface area contributed by atoms with Gasteiger partial charge in [0, 0.05) is 18.7 Å². The summed E-state index contributed by atoms with van der Waals surface area (Å²) in [5, 5.41) is 0. The number of rotatable bonds is 2. The third-order valence-corrected chi connectivity index (χ3v) is 7.83. The summed E-state index contributed by atoms with van der Waals surface area (Å²) in [5.41, 5.74) is -1.48. The molecule has 0 aromatic carbocycles. The Morgan fingerprint density at radius 2 is 2.00 bits per heavy atom. The van der Waals surface area contributed by atoms with E-state index in [4.69, 9.17) is 8.22 Å². The Hall–Kier alpha value is -0.460. The fraction of sp³-hybridized carbons (Fsp3) is 0.947. The zero-order chi connectivity index (χ0) is 23.4. The van der Waals surface area contributed by atoms with Crippen molar-refractivity contribution in [2.75, 3.05) is 0 Å². The molecule has 5 nitrogen and oxygen atoms in total. The quantitative estimate of drug-likeness (QED) is 0.742. The first-order valence-corrected chi connectivity index (χ1v) is 10.4. The summed E-state index contributed by atoms with van der Waals surface area (Å²) in [5.74, 6) is -1.04. The second-order valence-corrected chi connectivity index (χ2v) is 9.61. The molecule has 0 aromatic heterocycles. The number of carbonyl (C=O) groups is 1. The molecule has 0 radical (unpaired) electrons. The van der Waals surface area contributed by atoms with E-state index in [1.165, 1.54) is 0 Å². The summed E-state index contributed by atoms with van der Waals surface area (Å²) in [6.07, 6.45) is -7.47. The van der Waals surface area contributed by atoms with E-state index < -0.39 is 52.4 Å². The van der Waals surface area contributed by atoms with Crippen molar-refractivity contribution in [1.29, 1.82) is 0 Å². The van der Waals surface area contributed by atoms with Crippen LogP contribution in [0, 0.1) is 34.5 Å². The van der Waals surface area contributed by atoms with Gasteiger partial charge in [-0.05, 0) is 80.3 Å². The number of carbonyl (C=O) groups excluding carboxylic acids is 1. The van der Waals surface area contributed by atoms with Crippen LogP contribution in [0.1, 0.15) is 79.7 Å². The van der Waals surface area contributed by atoms with Crippen LogP contribution in [0.2, 0.25) is 0 Å². The normalized spacial score (nSPS) is 63.5. The molecule has 4 saturated carbocycles. The van der Waals surface area contributed by atoms with Gasteiger partial charge in [-0.15, -0.1) is 0 Å². The van der Waals surface area contributed by atoms with Gasteiger partial charge in [0.2, 0.25) is 0 Å². The first-order valence-electron chi connectivity index (χ1n) is 12.1. The van der Waals surface area contributed by atoms with E-state index in [0.29, 0.717) is 25.7 Å². The van der Waals surface area contributed by atoms with Crippen molar-refractivity contribution in [3.63, 3.8) is 0 Å². The van der Waals surface area contributed by atoms with Crippen LogP contribution < -0.4 is 0 Å². The zero-order valence-electron chi connectivity index (χ0n) is 20.6. The molecule has 8 atom stereocenters. The maximum atomic E-state index is 12.6. The molecule has 0 amide bonds. The molecule has 6 heteroatoms. The van der Waals surface area contributed by atoms with Gasteiger partial charge in [-0.25, -0.2) is 4.18 Å². The molecule has 4 rings (SSSR count). The van der Waals surface area contributed by atoms with Gasteiger partial charge in [-0.3, -0.25) is 9.35 Å². The summed E-state index contributed by atoms with van der Waals surface area (Å²) in [4.78, 5) is 12.6. The van der Waals surface area contributed by atoms with E-state index in [1.807, 2.05) is 6.92 Å². The monoisotopic (exact) mass is 376 g/mol. The lowest BCUT2D eigenvalue weighted by Crippen LogP contribution is -2.54. The molecule has 0 bridgehead atoms. The van der Waals surface area contributed by atoms with Gasteiger partial charge in [0.05, 0.1) is 7.45 Å². The predicted octanol–water partition coefficient (Wildman–Crippen LogP) is 3.79. The molecule has 4 aliphatic carbocycles. The Morgan fingerprint density at radius 1 is 1.24 bits per heavy atom. The van der Waals surface area contributed by atoms with Crippen LogP contribution in [0.4, 0.5) is 0 Å². The number of hydrogen-bond donors (Lipinski definition) is 1. The van der Waals surface area contributed by atoms with Crippen molar-refractivity contribution in [3.05, 3.63) is 0 Å². The topological polar surface area (TPSA) is 80.7 Å². The molecule has 25 heavy (non-hydrogen) atoms. The van der Waals surface area contributed by atoms with Gasteiger partial charge in [-0.2, -0.15) is 8.42 Å². The summed E-state index contributed by atoms with van der Waals surface area (Å²) < 4.78 is 88.0. The number of Topliss-reactive ketones (excluding diaryl/α,β-unsaturated/α-hetero) is 1. The van der Waals surface area contributed by atoms with E-state index in [2.05, 4.69) is 4.18 Å². The molecule has 0 heterocycles. The van der Waals surface area contributed by atoms with E-state index in [-0.39, 0.29) is 30.0 Å². The van der Waals surface area contributed by atoms with Gasteiger partial charge in [0.25, 0.3) is 0 Å². The fourth-order valence-electron chi connectivity index (χ4n) is 6.09. The van der Waals surface area contributed by atoms with E-state index in [1.54, 1.807) is 6.92 Å². The lowest BCUT2D eigenvalue weighted by atomic mass is 9.45. The highest BCUT2D eigenvalue weighted by atomic mass is 32.3. The van der Waals surface area contributed by atoms with Crippen LogP contribution in [0.25, 0.3) is 0 Å². The third-order valence-electron chi connectivity index (χ3n) is 7.45. The molecule has 4 fully saturated rings. The van der Waals surface area contributed by atoms with Crippen LogP contribution >= 0.6 is 0 Å². The molecule has 0 spiro atoms. The number of hydrogen-bond acceptors (Lipinski definition) is 4. The van der Waals surface area contributed by atoms with E-state index >= 15 is 0 Å². The summed E-state index contributed by atoms with van der Waals surface area (Å²) in [6.45, 7) is 3.73. The third kappa shape index (κ3) is 2.79. The predicted molar refractivity (Wildman–Crippen MR) is 93.2 cm³/mol. The molecule has 4 aliphatic rings. The Labute approximate surface area is 159 Å². The van der Waals surface area contributed by atoms with Crippen LogP contribution in [-0.2, 0) is 19.4 Å². The molecule has 142 valence electrons. The SMILES string of the molecule is [2H]C1C[C@@H]2[C@H](CC[C@]3(C)C(=O)CC[C@@H]23)[C@@]2(C)CC([2H])([2H])[C@]([2H])(OS(=O)(=O)O)C([2H])([2H])C12. The average molecular weight is 377 g/mol. The number of ketones is 1. The minimum atomic E-state index is -5.31. The lowest BCUT2D eigenvalue weighted by Gasteiger charge is -2.60. The average Bonchev–Trinajstić information content (AvgIpc) is 2.86. The molecular formula is C19H30O5S. The minimum absolute atomic E-state index is 0.0266. The molecule has 0 aliphatic heterocycles. The second kappa shape index (κ2) is 5.77.